The van der Waals surface area contributed by atoms with E-state index in [2.05, 4.69) is 10.6 Å². The molecule has 2 N–H and O–H groups in total. The molecule has 8 unspecified atom stereocenters. The Labute approximate surface area is 337 Å². The van der Waals surface area contributed by atoms with Crippen LogP contribution in [0, 0.1) is 23.7 Å². The largest absolute Gasteiger partial charge is 0.467 e. The van der Waals surface area contributed by atoms with Crippen molar-refractivity contribution in [1.29, 1.82) is 0 Å². The van der Waals surface area contributed by atoms with E-state index in [1.807, 2.05) is 105 Å². The molecule has 0 aromatic heterocycles. The van der Waals surface area contributed by atoms with Crippen LogP contribution in [0.4, 0.5) is 0 Å². The van der Waals surface area contributed by atoms with Crippen molar-refractivity contribution in [3.63, 3.8) is 0 Å². The topological polar surface area (TPSA) is 147 Å². The molecule has 1 aromatic carbocycles. The molecule has 4 amide bonds. The average molecular weight is 790 g/mol. The maximum absolute atomic E-state index is 14.2. The van der Waals surface area contributed by atoms with Gasteiger partial charge in [0.1, 0.15) is 12.1 Å². The molecule has 0 bridgehead atoms. The van der Waals surface area contributed by atoms with Gasteiger partial charge in [-0.25, -0.2) is 4.79 Å². The molecule has 56 heavy (non-hydrogen) atoms. The number of amides is 4. The Bertz CT molecular complexity index is 1350. The predicted octanol–water partition coefficient (Wildman–Crippen LogP) is 4.56. The van der Waals surface area contributed by atoms with Gasteiger partial charge in [0.25, 0.3) is 0 Å². The third-order valence-electron chi connectivity index (χ3n) is 11.0. The standard InChI is InChI=1S/C41H69N5O8.C2H6/c1-14-27(6)36(45(10)40(50)34(25(2)3)43-39(49)35(26(4)5)44(8)9)32(52-11)24-33(47)46-22-18-21-31(46)37(53-12)28(7)38(48)42-30(41(51)54-13)23-29-19-16-15-17-20-29;1-2/h15-17,19-20,25-28,30-32,34-37H,14,18,21-24H2,1-13H3,(H,42,48)(H,43,49);1-2H3/t27?,28?,30?,31?,32?,34-,35?,36?,37?;/m0./s1. The van der Waals surface area contributed by atoms with Gasteiger partial charge in [0.2, 0.25) is 23.6 Å². The van der Waals surface area contributed by atoms with E-state index in [4.69, 9.17) is 14.2 Å². The molecule has 0 spiro atoms. The fourth-order valence-electron chi connectivity index (χ4n) is 7.90. The van der Waals surface area contributed by atoms with Gasteiger partial charge in [0, 0.05) is 34.2 Å². The fourth-order valence-corrected chi connectivity index (χ4v) is 7.90. The van der Waals surface area contributed by atoms with Crippen molar-refractivity contribution in [2.45, 2.75) is 137 Å². The second-order valence-corrected chi connectivity index (χ2v) is 15.7. The van der Waals surface area contributed by atoms with E-state index >= 15 is 0 Å². The molecule has 1 aromatic rings. The van der Waals surface area contributed by atoms with Crippen LogP contribution in [0.25, 0.3) is 0 Å². The highest BCUT2D eigenvalue weighted by molar-refractivity contribution is 5.90. The summed E-state index contributed by atoms with van der Waals surface area (Å²) in [6, 6.07) is 6.46. The summed E-state index contributed by atoms with van der Waals surface area (Å²) < 4.78 is 16.9. The normalized spacial score (nSPS) is 18.5. The summed E-state index contributed by atoms with van der Waals surface area (Å²) in [5.74, 6) is -2.41. The van der Waals surface area contributed by atoms with E-state index in [0.29, 0.717) is 13.0 Å². The lowest BCUT2D eigenvalue weighted by molar-refractivity contribution is -0.149. The van der Waals surface area contributed by atoms with Crippen LogP contribution in [0.15, 0.2) is 30.3 Å². The van der Waals surface area contributed by atoms with E-state index in [0.717, 1.165) is 18.4 Å². The summed E-state index contributed by atoms with van der Waals surface area (Å²) in [6.07, 6.45) is 1.08. The molecular weight excluding hydrogens is 714 g/mol. The number of hydrogen-bond donors (Lipinski definition) is 2. The molecule has 0 aliphatic carbocycles. The lowest BCUT2D eigenvalue weighted by Crippen LogP contribution is -2.59. The van der Waals surface area contributed by atoms with Crippen molar-refractivity contribution in [3.8, 4) is 0 Å². The smallest absolute Gasteiger partial charge is 0.328 e. The summed E-state index contributed by atoms with van der Waals surface area (Å²) in [4.78, 5) is 73.5. The quantitative estimate of drug-likeness (QED) is 0.171. The lowest BCUT2D eigenvalue weighted by Gasteiger charge is -2.41. The van der Waals surface area contributed by atoms with Gasteiger partial charge >= 0.3 is 5.97 Å². The molecule has 2 rings (SSSR count). The fraction of sp³-hybridized carbons (Fsp3) is 0.744. The highest BCUT2D eigenvalue weighted by Crippen LogP contribution is 2.30. The number of esters is 1. The molecule has 13 heteroatoms. The van der Waals surface area contributed by atoms with Crippen LogP contribution in [0.5, 0.6) is 0 Å². The van der Waals surface area contributed by atoms with Gasteiger partial charge in [-0.2, -0.15) is 0 Å². The molecule has 1 aliphatic rings. The van der Waals surface area contributed by atoms with Gasteiger partial charge in [0.05, 0.1) is 49.8 Å². The van der Waals surface area contributed by atoms with Crippen molar-refractivity contribution in [3.05, 3.63) is 35.9 Å². The van der Waals surface area contributed by atoms with Gasteiger partial charge in [-0.1, -0.05) is 99.1 Å². The summed E-state index contributed by atoms with van der Waals surface area (Å²) in [5, 5.41) is 5.89. The third-order valence-corrected chi connectivity index (χ3v) is 11.0. The SMILES string of the molecule is CC.CCC(C)C(C(CC(=O)N1CCCC1C(OC)C(C)C(=O)NC(Cc1ccccc1)C(=O)OC)OC)N(C)C(=O)[C@@H](NC(=O)C(C(C)C)N(C)C)C(C)C. The maximum atomic E-state index is 14.2. The molecule has 13 nitrogen and oxygen atoms in total. The van der Waals surface area contributed by atoms with Crippen LogP contribution < -0.4 is 10.6 Å². The molecule has 1 aliphatic heterocycles. The zero-order valence-corrected chi connectivity index (χ0v) is 37.1. The number of nitrogens with one attached hydrogen (secondary N) is 2. The van der Waals surface area contributed by atoms with Crippen LogP contribution in [-0.2, 0) is 44.6 Å². The monoisotopic (exact) mass is 790 g/mol. The summed E-state index contributed by atoms with van der Waals surface area (Å²) in [7, 11) is 9.80. The molecule has 1 saturated heterocycles. The van der Waals surface area contributed by atoms with E-state index < -0.39 is 48.3 Å². The van der Waals surface area contributed by atoms with Crippen molar-refractivity contribution in [2.24, 2.45) is 23.7 Å². The Morgan fingerprint density at radius 3 is 1.95 bits per heavy atom. The van der Waals surface area contributed by atoms with Crippen LogP contribution in [0.1, 0.15) is 93.6 Å². The Kier molecular flexibility index (Phi) is 22.5. The molecule has 0 saturated carbocycles. The first kappa shape index (κ1) is 50.5. The van der Waals surface area contributed by atoms with Crippen LogP contribution in [-0.4, -0.2) is 136 Å². The van der Waals surface area contributed by atoms with E-state index in [9.17, 15) is 24.0 Å². The summed E-state index contributed by atoms with van der Waals surface area (Å²) in [6.45, 7) is 18.1. The molecule has 1 heterocycles. The predicted molar refractivity (Wildman–Crippen MR) is 221 cm³/mol. The van der Waals surface area contributed by atoms with E-state index in [1.54, 1.807) is 30.9 Å². The Hall–Kier alpha value is -3.55. The molecule has 1 fully saturated rings. The zero-order chi connectivity index (χ0) is 42.9. The van der Waals surface area contributed by atoms with Crippen LogP contribution in [0.3, 0.4) is 0 Å². The minimum absolute atomic E-state index is 0.00683. The molecule has 9 atom stereocenters. The number of hydrogen-bond acceptors (Lipinski definition) is 9. The van der Waals surface area contributed by atoms with Gasteiger partial charge in [-0.05, 0) is 50.3 Å². The highest BCUT2D eigenvalue weighted by atomic mass is 16.5. The highest BCUT2D eigenvalue weighted by Gasteiger charge is 2.43. The van der Waals surface area contributed by atoms with Gasteiger partial charge in [0.15, 0.2) is 0 Å². The number of carbonyl (C=O) groups is 5. The second-order valence-electron chi connectivity index (χ2n) is 15.7. The van der Waals surface area contributed by atoms with Crippen LogP contribution in [0.2, 0.25) is 0 Å². The van der Waals surface area contributed by atoms with Gasteiger partial charge in [-0.15, -0.1) is 0 Å². The van der Waals surface area contributed by atoms with Crippen LogP contribution >= 0.6 is 0 Å². The third kappa shape index (κ3) is 13.8. The summed E-state index contributed by atoms with van der Waals surface area (Å²) >= 11 is 0. The van der Waals surface area contributed by atoms with Gasteiger partial charge < -0.3 is 34.6 Å². The number of nitrogens with zero attached hydrogens (tertiary/aromatic N) is 3. The second kappa shape index (κ2) is 24.9. The number of ether oxygens (including phenoxy) is 3. The Balaban J connectivity index is 0.00000771. The van der Waals surface area contributed by atoms with Gasteiger partial charge in [-0.3, -0.25) is 24.1 Å². The number of rotatable bonds is 21. The molecular formula is C43H75N5O8. The number of likely N-dealkylation sites (N-methyl/N-ethyl adjacent to an activating group) is 2. The first-order chi connectivity index (χ1) is 26.4. The van der Waals surface area contributed by atoms with Crippen molar-refractivity contribution >= 4 is 29.6 Å². The number of benzene rings is 1. The minimum atomic E-state index is -0.890. The van der Waals surface area contributed by atoms with Crippen molar-refractivity contribution in [1.82, 2.24) is 25.3 Å². The van der Waals surface area contributed by atoms with E-state index in [1.165, 1.54) is 14.2 Å². The zero-order valence-electron chi connectivity index (χ0n) is 37.1. The average Bonchev–Trinajstić information content (AvgIpc) is 3.66. The number of carbonyl (C=O) groups excluding carboxylic acids is 5. The lowest BCUT2D eigenvalue weighted by atomic mass is 9.89. The first-order valence-corrected chi connectivity index (χ1v) is 20.5. The van der Waals surface area contributed by atoms with E-state index in [-0.39, 0.29) is 60.3 Å². The molecule has 0 radical (unpaired) electrons. The summed E-state index contributed by atoms with van der Waals surface area (Å²) in [5.41, 5.74) is 0.876. The minimum Gasteiger partial charge on any atom is -0.467 e. The van der Waals surface area contributed by atoms with Crippen molar-refractivity contribution < 1.29 is 38.2 Å². The maximum Gasteiger partial charge on any atom is 0.328 e. The first-order valence-electron chi connectivity index (χ1n) is 20.5. The van der Waals surface area contributed by atoms with Crippen molar-refractivity contribution in [2.75, 3.05) is 49.0 Å². The number of likely N-dealkylation sites (tertiary alicyclic amines) is 1. The Morgan fingerprint density at radius 1 is 0.857 bits per heavy atom. The number of methoxy groups -OCH3 is 3. The Morgan fingerprint density at radius 2 is 1.46 bits per heavy atom. The molecule has 320 valence electrons.